The van der Waals surface area contributed by atoms with Crippen LogP contribution in [0.25, 0.3) is 0 Å². The zero-order valence-electron chi connectivity index (χ0n) is 12.7. The van der Waals surface area contributed by atoms with Crippen molar-refractivity contribution in [3.05, 3.63) is 29.6 Å². The molecule has 0 heterocycles. The number of anilines is 1. The van der Waals surface area contributed by atoms with E-state index in [0.29, 0.717) is 17.7 Å². The van der Waals surface area contributed by atoms with Gasteiger partial charge in [-0.05, 0) is 64.8 Å². The van der Waals surface area contributed by atoms with Crippen LogP contribution in [0.5, 0.6) is 0 Å². The highest BCUT2D eigenvalue weighted by Crippen LogP contribution is 2.19. The van der Waals surface area contributed by atoms with Crippen LogP contribution in [0.2, 0.25) is 0 Å². The van der Waals surface area contributed by atoms with Gasteiger partial charge in [0.15, 0.2) is 0 Å². The molecule has 3 N–H and O–H groups in total. The smallest absolute Gasteiger partial charge is 0.412 e. The fourth-order valence-corrected chi connectivity index (χ4v) is 1.70. The molecule has 1 aromatic rings. The van der Waals surface area contributed by atoms with E-state index in [1.54, 1.807) is 26.8 Å². The van der Waals surface area contributed by atoms with Gasteiger partial charge in [0.1, 0.15) is 11.4 Å². The Morgan fingerprint density at radius 3 is 2.40 bits per heavy atom. The summed E-state index contributed by atoms with van der Waals surface area (Å²) in [7, 11) is 0. The Morgan fingerprint density at radius 1 is 1.30 bits per heavy atom. The minimum absolute atomic E-state index is 0.335. The summed E-state index contributed by atoms with van der Waals surface area (Å²) in [5.74, 6) is -0.335. The Balaban J connectivity index is 2.82. The molecule has 0 aliphatic carbocycles. The lowest BCUT2D eigenvalue weighted by molar-refractivity contribution is 0.0636. The summed E-state index contributed by atoms with van der Waals surface area (Å²) in [6, 6.07) is 4.38. The van der Waals surface area contributed by atoms with E-state index in [0.717, 1.165) is 0 Å². The molecule has 1 aromatic carbocycles. The Bertz CT molecular complexity index is 488. The van der Waals surface area contributed by atoms with Crippen LogP contribution < -0.4 is 11.1 Å². The van der Waals surface area contributed by atoms with Crippen LogP contribution in [0.15, 0.2) is 18.2 Å². The first kappa shape index (κ1) is 16.4. The van der Waals surface area contributed by atoms with Gasteiger partial charge in [-0.1, -0.05) is 0 Å². The molecular formula is C15H23FN2O2. The molecule has 1 rings (SSSR count). The molecule has 0 aliphatic rings. The molecule has 0 atom stereocenters. The number of benzene rings is 1. The Kier molecular flexibility index (Phi) is 4.76. The quantitative estimate of drug-likeness (QED) is 0.892. The maximum atomic E-state index is 13.7. The molecule has 112 valence electrons. The van der Waals surface area contributed by atoms with Gasteiger partial charge < -0.3 is 10.5 Å². The Hall–Kier alpha value is -1.62. The van der Waals surface area contributed by atoms with E-state index < -0.39 is 17.2 Å². The number of hydrogen-bond donors (Lipinski definition) is 2. The first-order valence-electron chi connectivity index (χ1n) is 6.54. The highest BCUT2D eigenvalue weighted by atomic mass is 19.1. The van der Waals surface area contributed by atoms with Crippen molar-refractivity contribution in [1.82, 2.24) is 0 Å². The van der Waals surface area contributed by atoms with E-state index >= 15 is 0 Å². The van der Waals surface area contributed by atoms with Gasteiger partial charge in [0.05, 0.1) is 0 Å². The van der Waals surface area contributed by atoms with Crippen molar-refractivity contribution in [2.45, 2.75) is 52.2 Å². The third-order valence-corrected chi connectivity index (χ3v) is 2.34. The second-order valence-electron chi connectivity index (χ2n) is 6.60. The molecule has 0 saturated carbocycles. The summed E-state index contributed by atoms with van der Waals surface area (Å²) in [6.07, 6.45) is -0.190. The zero-order valence-corrected chi connectivity index (χ0v) is 12.7. The van der Waals surface area contributed by atoms with Crippen LogP contribution in [-0.4, -0.2) is 17.2 Å². The maximum absolute atomic E-state index is 13.7. The van der Waals surface area contributed by atoms with Crippen LogP contribution in [-0.2, 0) is 11.2 Å². The number of rotatable bonds is 3. The summed E-state index contributed by atoms with van der Waals surface area (Å²) >= 11 is 0. The lowest BCUT2D eigenvalue weighted by Crippen LogP contribution is -2.34. The molecule has 5 heteroatoms. The highest BCUT2D eigenvalue weighted by Gasteiger charge is 2.18. The van der Waals surface area contributed by atoms with Gasteiger partial charge in [-0.25, -0.2) is 9.18 Å². The fourth-order valence-electron chi connectivity index (χ4n) is 1.70. The Morgan fingerprint density at radius 2 is 1.90 bits per heavy atom. The molecule has 1 amide bonds. The minimum atomic E-state index is -0.577. The molecule has 0 unspecified atom stereocenters. The lowest BCUT2D eigenvalue weighted by atomic mass is 9.95. The number of hydrogen-bond acceptors (Lipinski definition) is 3. The van der Waals surface area contributed by atoms with E-state index in [2.05, 4.69) is 5.32 Å². The van der Waals surface area contributed by atoms with Crippen LogP contribution in [0, 0.1) is 5.82 Å². The molecule has 0 fully saturated rings. The molecule has 0 radical (unpaired) electrons. The van der Waals surface area contributed by atoms with Gasteiger partial charge in [-0.15, -0.1) is 0 Å². The van der Waals surface area contributed by atoms with Gasteiger partial charge in [-0.3, -0.25) is 5.32 Å². The van der Waals surface area contributed by atoms with E-state index in [9.17, 15) is 9.18 Å². The predicted molar refractivity (Wildman–Crippen MR) is 78.2 cm³/mol. The molecule has 0 spiro atoms. The topological polar surface area (TPSA) is 64.3 Å². The van der Waals surface area contributed by atoms with Crippen molar-refractivity contribution in [3.63, 3.8) is 0 Å². The fraction of sp³-hybridized carbons (Fsp3) is 0.533. The van der Waals surface area contributed by atoms with Crippen molar-refractivity contribution in [1.29, 1.82) is 0 Å². The van der Waals surface area contributed by atoms with Crippen molar-refractivity contribution in [2.75, 3.05) is 5.32 Å². The van der Waals surface area contributed by atoms with Crippen LogP contribution in [0.4, 0.5) is 14.9 Å². The average molecular weight is 282 g/mol. The summed E-state index contributed by atoms with van der Waals surface area (Å²) < 4.78 is 18.9. The third-order valence-electron chi connectivity index (χ3n) is 2.34. The summed E-state index contributed by atoms with van der Waals surface area (Å²) in [5.41, 5.74) is 5.74. The van der Waals surface area contributed by atoms with Crippen molar-refractivity contribution < 1.29 is 13.9 Å². The monoisotopic (exact) mass is 282 g/mol. The number of halogens is 1. The van der Waals surface area contributed by atoms with Gasteiger partial charge in [0, 0.05) is 11.2 Å². The normalized spacial score (nSPS) is 12.2. The molecule has 0 aliphatic heterocycles. The van der Waals surface area contributed by atoms with Gasteiger partial charge in [0.2, 0.25) is 0 Å². The van der Waals surface area contributed by atoms with E-state index in [4.69, 9.17) is 10.5 Å². The largest absolute Gasteiger partial charge is 0.444 e. The summed E-state index contributed by atoms with van der Waals surface area (Å²) in [6.45, 7) is 8.97. The van der Waals surface area contributed by atoms with E-state index in [-0.39, 0.29) is 5.82 Å². The van der Waals surface area contributed by atoms with Crippen LogP contribution in [0.3, 0.4) is 0 Å². The molecule has 4 nitrogen and oxygen atoms in total. The van der Waals surface area contributed by atoms with Gasteiger partial charge in [-0.2, -0.15) is 0 Å². The van der Waals surface area contributed by atoms with Crippen molar-refractivity contribution in [2.24, 2.45) is 5.73 Å². The summed E-state index contributed by atoms with van der Waals surface area (Å²) in [5, 5.41) is 2.58. The minimum Gasteiger partial charge on any atom is -0.444 e. The molecule has 20 heavy (non-hydrogen) atoms. The molecule has 0 saturated heterocycles. The van der Waals surface area contributed by atoms with Gasteiger partial charge >= 0.3 is 6.09 Å². The first-order valence-corrected chi connectivity index (χ1v) is 6.54. The van der Waals surface area contributed by atoms with Gasteiger partial charge in [0.25, 0.3) is 0 Å². The lowest BCUT2D eigenvalue weighted by Gasteiger charge is -2.21. The number of carbonyl (C=O) groups is 1. The summed E-state index contributed by atoms with van der Waals surface area (Å²) in [4.78, 5) is 11.7. The predicted octanol–water partition coefficient (Wildman–Crippen LogP) is 3.45. The number of ether oxygens (including phenoxy) is 1. The first-order chi connectivity index (χ1) is 8.96. The van der Waals surface area contributed by atoms with Crippen LogP contribution in [0.1, 0.15) is 40.2 Å². The zero-order chi connectivity index (χ0) is 15.6. The average Bonchev–Trinajstić information content (AvgIpc) is 2.18. The second-order valence-corrected chi connectivity index (χ2v) is 6.60. The van der Waals surface area contributed by atoms with E-state index in [1.165, 1.54) is 12.1 Å². The van der Waals surface area contributed by atoms with E-state index in [1.807, 2.05) is 13.8 Å². The van der Waals surface area contributed by atoms with Crippen molar-refractivity contribution >= 4 is 11.8 Å². The molecule has 0 aromatic heterocycles. The molecular weight excluding hydrogens is 259 g/mol. The standard InChI is InChI=1S/C15H23FN2O2/c1-14(2,3)20-13(19)18-11-6-7-12(16)10(8-11)9-15(4,5)17/h6-8H,9,17H2,1-5H3,(H,18,19). The number of amides is 1. The van der Waals surface area contributed by atoms with Crippen molar-refractivity contribution in [3.8, 4) is 0 Å². The third kappa shape index (κ3) is 6.02. The highest BCUT2D eigenvalue weighted by molar-refractivity contribution is 5.84. The van der Waals surface area contributed by atoms with Crippen LogP contribution >= 0.6 is 0 Å². The molecule has 0 bridgehead atoms. The number of carbonyl (C=O) groups excluding carboxylic acids is 1. The number of nitrogens with two attached hydrogens (primary N) is 1. The SMILES string of the molecule is CC(C)(N)Cc1cc(NC(=O)OC(C)(C)C)ccc1F. The second kappa shape index (κ2) is 5.79. The maximum Gasteiger partial charge on any atom is 0.412 e. The number of nitrogens with one attached hydrogen (secondary N) is 1. The Labute approximate surface area is 119 Å².